The number of aromatic nitrogens is 3. The second kappa shape index (κ2) is 5.16. The smallest absolute Gasteiger partial charge is 0.243 e. The summed E-state index contributed by atoms with van der Waals surface area (Å²) in [6, 6.07) is 7.12. The van der Waals surface area contributed by atoms with Crippen LogP contribution >= 0.6 is 15.9 Å². The molecule has 0 fully saturated rings. The fourth-order valence-electron chi connectivity index (χ4n) is 1.77. The number of rotatable bonds is 3. The maximum absolute atomic E-state index is 13.5. The lowest BCUT2D eigenvalue weighted by Gasteiger charge is -2.03. The molecule has 0 aliphatic rings. The van der Waals surface area contributed by atoms with Crippen molar-refractivity contribution in [3.05, 3.63) is 58.2 Å². The number of fused-ring (bicyclic) bond motifs is 1. The molecule has 1 N–H and O–H groups in total. The van der Waals surface area contributed by atoms with Crippen molar-refractivity contribution in [2.45, 2.75) is 6.54 Å². The molecule has 1 aromatic carbocycles. The highest BCUT2D eigenvalue weighted by atomic mass is 79.9. The minimum Gasteiger partial charge on any atom is -0.349 e. The summed E-state index contributed by atoms with van der Waals surface area (Å²) in [5, 5.41) is 7.11. The summed E-state index contributed by atoms with van der Waals surface area (Å²) in [6.45, 7) is 0.185. The fourth-order valence-corrected chi connectivity index (χ4v) is 2.10. The molecule has 2 heterocycles. The number of nitrogens with zero attached hydrogens (tertiary/aromatic N) is 3. The molecule has 0 bridgehead atoms. The van der Waals surface area contributed by atoms with Gasteiger partial charge in [-0.2, -0.15) is 4.98 Å². The van der Waals surface area contributed by atoms with E-state index in [9.17, 15) is 8.78 Å². The summed E-state index contributed by atoms with van der Waals surface area (Å²) in [6.07, 6.45) is 1.77. The van der Waals surface area contributed by atoms with Gasteiger partial charge in [0.15, 0.2) is 5.65 Å². The summed E-state index contributed by atoms with van der Waals surface area (Å²) in [7, 11) is 0. The van der Waals surface area contributed by atoms with Gasteiger partial charge in [0.2, 0.25) is 5.95 Å². The Bertz CT molecular complexity index is 772. The molecule has 0 aliphatic heterocycles. The van der Waals surface area contributed by atoms with Crippen LogP contribution in [0.4, 0.5) is 14.7 Å². The summed E-state index contributed by atoms with van der Waals surface area (Å²) in [5.74, 6) is -0.808. The highest BCUT2D eigenvalue weighted by Crippen LogP contribution is 2.14. The van der Waals surface area contributed by atoms with E-state index in [2.05, 4.69) is 31.3 Å². The molecule has 0 radical (unpaired) electrons. The Hall–Kier alpha value is -2.02. The zero-order valence-corrected chi connectivity index (χ0v) is 11.7. The van der Waals surface area contributed by atoms with Gasteiger partial charge < -0.3 is 5.32 Å². The van der Waals surface area contributed by atoms with Crippen LogP contribution in [0.15, 0.2) is 41.0 Å². The van der Waals surface area contributed by atoms with E-state index in [1.807, 2.05) is 6.07 Å². The summed E-state index contributed by atoms with van der Waals surface area (Å²) in [5.41, 5.74) is 1.03. The van der Waals surface area contributed by atoms with Gasteiger partial charge in [-0.25, -0.2) is 13.3 Å². The number of pyridine rings is 1. The average Bonchev–Trinajstić information content (AvgIpc) is 2.79. The van der Waals surface area contributed by atoms with Gasteiger partial charge in [0.1, 0.15) is 11.6 Å². The second-order valence-electron chi connectivity index (χ2n) is 4.17. The van der Waals surface area contributed by atoms with Gasteiger partial charge in [-0.3, -0.25) is 0 Å². The largest absolute Gasteiger partial charge is 0.349 e. The molecule has 0 atom stereocenters. The van der Waals surface area contributed by atoms with E-state index >= 15 is 0 Å². The predicted molar refractivity (Wildman–Crippen MR) is 74.4 cm³/mol. The minimum atomic E-state index is -0.595. The molecular formula is C13H9BrF2N4. The molecule has 0 saturated carbocycles. The first-order valence-corrected chi connectivity index (χ1v) is 6.61. The summed E-state index contributed by atoms with van der Waals surface area (Å²) >= 11 is 3.34. The van der Waals surface area contributed by atoms with E-state index in [1.54, 1.807) is 16.8 Å². The van der Waals surface area contributed by atoms with Crippen LogP contribution in [0.2, 0.25) is 0 Å². The standard InChI is InChI=1S/C13H9BrF2N4/c14-9-2-4-12-18-13(19-20(12)7-9)17-6-8-1-3-10(15)5-11(8)16/h1-5,7H,6H2,(H,17,19). The molecule has 3 aromatic rings. The van der Waals surface area contributed by atoms with Gasteiger partial charge in [0.25, 0.3) is 0 Å². The van der Waals surface area contributed by atoms with Crippen molar-refractivity contribution in [2.24, 2.45) is 0 Å². The van der Waals surface area contributed by atoms with E-state index in [-0.39, 0.29) is 6.54 Å². The lowest BCUT2D eigenvalue weighted by Crippen LogP contribution is -2.03. The predicted octanol–water partition coefficient (Wildman–Crippen LogP) is 3.38. The lowest BCUT2D eigenvalue weighted by atomic mass is 10.2. The van der Waals surface area contributed by atoms with Crippen LogP contribution in [0.1, 0.15) is 5.56 Å². The van der Waals surface area contributed by atoms with E-state index in [4.69, 9.17) is 0 Å². The second-order valence-corrected chi connectivity index (χ2v) is 5.09. The Morgan fingerprint density at radius 3 is 2.85 bits per heavy atom. The maximum Gasteiger partial charge on any atom is 0.243 e. The maximum atomic E-state index is 13.5. The average molecular weight is 339 g/mol. The number of anilines is 1. The van der Waals surface area contributed by atoms with Crippen LogP contribution in [-0.2, 0) is 6.54 Å². The number of nitrogens with one attached hydrogen (secondary N) is 1. The summed E-state index contributed by atoms with van der Waals surface area (Å²) < 4.78 is 28.8. The Morgan fingerprint density at radius 2 is 2.05 bits per heavy atom. The van der Waals surface area contributed by atoms with Crippen molar-refractivity contribution in [2.75, 3.05) is 5.32 Å². The summed E-state index contributed by atoms with van der Waals surface area (Å²) in [4.78, 5) is 4.24. The zero-order chi connectivity index (χ0) is 14.1. The van der Waals surface area contributed by atoms with Crippen molar-refractivity contribution >= 4 is 27.5 Å². The van der Waals surface area contributed by atoms with Crippen LogP contribution in [0.25, 0.3) is 5.65 Å². The topological polar surface area (TPSA) is 42.2 Å². The van der Waals surface area contributed by atoms with Crippen LogP contribution in [0, 0.1) is 11.6 Å². The molecule has 0 amide bonds. The molecule has 20 heavy (non-hydrogen) atoms. The Balaban J connectivity index is 1.79. The van der Waals surface area contributed by atoms with Gasteiger partial charge in [-0.15, -0.1) is 5.10 Å². The Kier molecular flexibility index (Phi) is 3.35. The van der Waals surface area contributed by atoms with Crippen molar-refractivity contribution < 1.29 is 8.78 Å². The number of halogens is 3. The van der Waals surface area contributed by atoms with Gasteiger partial charge in [0, 0.05) is 28.8 Å². The number of hydrogen-bond acceptors (Lipinski definition) is 3. The highest BCUT2D eigenvalue weighted by molar-refractivity contribution is 9.10. The van der Waals surface area contributed by atoms with Gasteiger partial charge in [-0.05, 0) is 34.1 Å². The molecule has 3 rings (SSSR count). The Labute approximate surface area is 121 Å². The van der Waals surface area contributed by atoms with Crippen molar-refractivity contribution in [3.63, 3.8) is 0 Å². The van der Waals surface area contributed by atoms with E-state index in [1.165, 1.54) is 12.1 Å². The molecule has 0 unspecified atom stereocenters. The molecule has 7 heteroatoms. The third kappa shape index (κ3) is 2.62. The van der Waals surface area contributed by atoms with Crippen LogP contribution in [-0.4, -0.2) is 14.6 Å². The van der Waals surface area contributed by atoms with E-state index in [0.29, 0.717) is 17.2 Å². The molecule has 0 spiro atoms. The van der Waals surface area contributed by atoms with Crippen LogP contribution in [0.3, 0.4) is 0 Å². The molecule has 4 nitrogen and oxygen atoms in total. The minimum absolute atomic E-state index is 0.185. The monoisotopic (exact) mass is 338 g/mol. The zero-order valence-electron chi connectivity index (χ0n) is 10.1. The lowest BCUT2D eigenvalue weighted by molar-refractivity contribution is 0.574. The SMILES string of the molecule is Fc1ccc(CNc2nc3ccc(Br)cn3n2)c(F)c1. The van der Waals surface area contributed by atoms with Gasteiger partial charge >= 0.3 is 0 Å². The van der Waals surface area contributed by atoms with Crippen LogP contribution < -0.4 is 5.32 Å². The van der Waals surface area contributed by atoms with Gasteiger partial charge in [-0.1, -0.05) is 6.07 Å². The molecule has 2 aromatic heterocycles. The number of benzene rings is 1. The highest BCUT2D eigenvalue weighted by Gasteiger charge is 2.06. The van der Waals surface area contributed by atoms with Crippen molar-refractivity contribution in [1.82, 2.24) is 14.6 Å². The molecular weight excluding hydrogens is 330 g/mol. The van der Waals surface area contributed by atoms with Gasteiger partial charge in [0.05, 0.1) is 0 Å². The number of hydrogen-bond donors (Lipinski definition) is 1. The quantitative estimate of drug-likeness (QED) is 0.796. The van der Waals surface area contributed by atoms with E-state index in [0.717, 1.165) is 10.5 Å². The first-order chi connectivity index (χ1) is 9.61. The normalized spacial score (nSPS) is 10.9. The molecule has 0 saturated heterocycles. The van der Waals surface area contributed by atoms with Crippen molar-refractivity contribution in [3.8, 4) is 0 Å². The first kappa shape index (κ1) is 13.0. The third-order valence-electron chi connectivity index (χ3n) is 2.75. The first-order valence-electron chi connectivity index (χ1n) is 5.81. The Morgan fingerprint density at radius 1 is 1.20 bits per heavy atom. The fraction of sp³-hybridized carbons (Fsp3) is 0.0769. The van der Waals surface area contributed by atoms with Crippen LogP contribution in [0.5, 0.6) is 0 Å². The van der Waals surface area contributed by atoms with Crippen molar-refractivity contribution in [1.29, 1.82) is 0 Å². The third-order valence-corrected chi connectivity index (χ3v) is 3.22. The van der Waals surface area contributed by atoms with E-state index < -0.39 is 11.6 Å². The molecule has 102 valence electrons. The molecule has 0 aliphatic carbocycles.